The second-order valence-electron chi connectivity index (χ2n) is 8.62. The Balaban J connectivity index is 1.43. The van der Waals surface area contributed by atoms with Crippen LogP contribution in [0.25, 0.3) is 22.0 Å². The van der Waals surface area contributed by atoms with Crippen molar-refractivity contribution in [2.75, 3.05) is 11.9 Å². The first-order valence-electron chi connectivity index (χ1n) is 11.7. The van der Waals surface area contributed by atoms with Gasteiger partial charge in [-0.15, -0.1) is 11.3 Å². The summed E-state index contributed by atoms with van der Waals surface area (Å²) < 4.78 is 37.6. The summed E-state index contributed by atoms with van der Waals surface area (Å²) in [6.07, 6.45) is 8.72. The van der Waals surface area contributed by atoms with Gasteiger partial charge in [-0.1, -0.05) is 0 Å². The molecule has 1 saturated carbocycles. The summed E-state index contributed by atoms with van der Waals surface area (Å²) in [6.45, 7) is 2.64. The highest BCUT2D eigenvalue weighted by Crippen LogP contribution is 2.34. The van der Waals surface area contributed by atoms with E-state index in [1.54, 1.807) is 40.4 Å². The van der Waals surface area contributed by atoms with Crippen molar-refractivity contribution in [3.63, 3.8) is 0 Å². The van der Waals surface area contributed by atoms with Crippen molar-refractivity contribution in [1.29, 1.82) is 0 Å². The van der Waals surface area contributed by atoms with Gasteiger partial charge in [-0.25, -0.2) is 14.4 Å². The molecule has 0 radical (unpaired) electrons. The van der Waals surface area contributed by atoms with E-state index in [1.807, 2.05) is 6.92 Å². The number of ether oxygens (including phenoxy) is 1. The van der Waals surface area contributed by atoms with Crippen molar-refractivity contribution in [2.24, 2.45) is 7.05 Å². The number of halogens is 2. The van der Waals surface area contributed by atoms with Crippen LogP contribution in [0.2, 0.25) is 0 Å². The highest BCUT2D eigenvalue weighted by Gasteiger charge is 2.27. The van der Waals surface area contributed by atoms with Gasteiger partial charge in [-0.05, 0) is 44.7 Å². The van der Waals surface area contributed by atoms with Gasteiger partial charge in [0.2, 0.25) is 5.95 Å². The van der Waals surface area contributed by atoms with Crippen LogP contribution < -0.4 is 5.32 Å². The minimum absolute atomic E-state index is 0.0409. The first kappa shape index (κ1) is 24.2. The standard InChI is InChI=1S/C24H25F2N7O2S/c1-3-35-16-6-4-15(5-7-16)33-12-18(22(31-33)21-17(25)8-9-20(26)30-21)28-23(34)19-13-36-24(29-19)14-10-27-32(2)11-14/h8-13,15-16H,3-7H2,1-2H3,(H,28,34)/t15-,16-. The zero-order chi connectivity index (χ0) is 25.2. The number of pyridine rings is 1. The predicted octanol–water partition coefficient (Wildman–Crippen LogP) is 4.85. The number of carbonyl (C=O) groups is 1. The third kappa shape index (κ3) is 5.05. The summed E-state index contributed by atoms with van der Waals surface area (Å²) in [5.41, 5.74) is 1.03. The number of hydrogen-bond donors (Lipinski definition) is 1. The monoisotopic (exact) mass is 513 g/mol. The van der Waals surface area contributed by atoms with Crippen LogP contribution in [0, 0.1) is 11.8 Å². The minimum Gasteiger partial charge on any atom is -0.379 e. The summed E-state index contributed by atoms with van der Waals surface area (Å²) in [7, 11) is 1.80. The Morgan fingerprint density at radius 2 is 1.97 bits per heavy atom. The van der Waals surface area contributed by atoms with E-state index in [2.05, 4.69) is 25.5 Å². The van der Waals surface area contributed by atoms with Crippen molar-refractivity contribution >= 4 is 22.9 Å². The molecule has 0 bridgehead atoms. The third-order valence-corrected chi connectivity index (χ3v) is 7.02. The highest BCUT2D eigenvalue weighted by atomic mass is 32.1. The molecular weight excluding hydrogens is 488 g/mol. The lowest BCUT2D eigenvalue weighted by atomic mass is 9.93. The summed E-state index contributed by atoms with van der Waals surface area (Å²) in [6, 6.07) is 1.98. The molecule has 0 unspecified atom stereocenters. The van der Waals surface area contributed by atoms with Crippen LogP contribution in [-0.4, -0.2) is 48.1 Å². The number of aryl methyl sites for hydroxylation is 1. The molecule has 5 rings (SSSR count). The van der Waals surface area contributed by atoms with Crippen molar-refractivity contribution in [3.05, 3.63) is 53.6 Å². The molecular formula is C24H25F2N7O2S. The SMILES string of the molecule is CCO[C@H]1CC[C@H](n2cc(NC(=O)c3csc(-c4cnn(C)c4)n3)c(-c3nc(F)ccc3F)n2)CC1. The van der Waals surface area contributed by atoms with Gasteiger partial charge in [0.05, 0.1) is 24.0 Å². The minimum atomic E-state index is -0.837. The highest BCUT2D eigenvalue weighted by molar-refractivity contribution is 7.13. The maximum absolute atomic E-state index is 14.7. The van der Waals surface area contributed by atoms with Crippen molar-refractivity contribution in [1.82, 2.24) is 29.5 Å². The Labute approximate surface area is 210 Å². The van der Waals surface area contributed by atoms with E-state index >= 15 is 0 Å². The lowest BCUT2D eigenvalue weighted by Gasteiger charge is -2.28. The summed E-state index contributed by atoms with van der Waals surface area (Å²) in [5, 5.41) is 13.7. The number of anilines is 1. The van der Waals surface area contributed by atoms with Gasteiger partial charge in [0.15, 0.2) is 5.82 Å². The fourth-order valence-electron chi connectivity index (χ4n) is 4.37. The first-order valence-corrected chi connectivity index (χ1v) is 12.6. The number of carbonyl (C=O) groups excluding carboxylic acids is 1. The van der Waals surface area contributed by atoms with Crippen LogP contribution >= 0.6 is 11.3 Å². The summed E-state index contributed by atoms with van der Waals surface area (Å²) in [5.74, 6) is -2.06. The molecule has 1 amide bonds. The average Bonchev–Trinajstić information content (AvgIpc) is 3.61. The molecule has 4 aromatic rings. The molecule has 0 spiro atoms. The van der Waals surface area contributed by atoms with Crippen molar-refractivity contribution in [2.45, 2.75) is 44.8 Å². The molecule has 0 aromatic carbocycles. The van der Waals surface area contributed by atoms with Gasteiger partial charge in [-0.3, -0.25) is 14.2 Å². The van der Waals surface area contributed by atoms with E-state index in [0.717, 1.165) is 43.4 Å². The van der Waals surface area contributed by atoms with Gasteiger partial charge >= 0.3 is 0 Å². The van der Waals surface area contributed by atoms with Crippen LogP contribution in [0.15, 0.2) is 36.1 Å². The topological polar surface area (TPSA) is 99.8 Å². The molecule has 36 heavy (non-hydrogen) atoms. The smallest absolute Gasteiger partial charge is 0.275 e. The molecule has 4 heterocycles. The molecule has 1 fully saturated rings. The zero-order valence-electron chi connectivity index (χ0n) is 19.8. The van der Waals surface area contributed by atoms with E-state index in [9.17, 15) is 13.6 Å². The Morgan fingerprint density at radius 1 is 1.17 bits per heavy atom. The van der Waals surface area contributed by atoms with Gasteiger partial charge in [0.1, 0.15) is 22.1 Å². The fraction of sp³-hybridized carbons (Fsp3) is 0.375. The molecule has 188 valence electrons. The lowest BCUT2D eigenvalue weighted by Crippen LogP contribution is -2.24. The van der Waals surface area contributed by atoms with E-state index in [0.29, 0.717) is 11.6 Å². The van der Waals surface area contributed by atoms with Gasteiger partial charge in [-0.2, -0.15) is 14.6 Å². The quantitative estimate of drug-likeness (QED) is 0.355. The number of aromatic nitrogens is 6. The summed E-state index contributed by atoms with van der Waals surface area (Å²) >= 11 is 1.31. The normalized spacial score (nSPS) is 17.9. The zero-order valence-corrected chi connectivity index (χ0v) is 20.6. The van der Waals surface area contributed by atoms with E-state index in [1.165, 1.54) is 11.3 Å². The first-order chi connectivity index (χ1) is 17.4. The number of nitrogens with zero attached hydrogens (tertiary/aromatic N) is 6. The number of thiazole rings is 1. The molecule has 1 aliphatic rings. The molecule has 1 N–H and O–H groups in total. The number of rotatable bonds is 7. The van der Waals surface area contributed by atoms with Gasteiger partial charge < -0.3 is 10.1 Å². The van der Waals surface area contributed by atoms with Crippen molar-refractivity contribution in [3.8, 4) is 22.0 Å². The van der Waals surface area contributed by atoms with Gasteiger partial charge in [0.25, 0.3) is 5.91 Å². The lowest BCUT2D eigenvalue weighted by molar-refractivity contribution is 0.0260. The Kier molecular flexibility index (Phi) is 6.88. The van der Waals surface area contributed by atoms with E-state index < -0.39 is 17.7 Å². The molecule has 4 aromatic heterocycles. The Morgan fingerprint density at radius 3 is 2.69 bits per heavy atom. The average molecular weight is 514 g/mol. The van der Waals surface area contributed by atoms with Crippen LogP contribution in [0.1, 0.15) is 49.1 Å². The Hall–Kier alpha value is -3.51. The van der Waals surface area contributed by atoms with Crippen LogP contribution in [-0.2, 0) is 11.8 Å². The second kappa shape index (κ2) is 10.2. The molecule has 1 aliphatic carbocycles. The molecule has 0 atom stereocenters. The maximum atomic E-state index is 14.7. The third-order valence-electron chi connectivity index (χ3n) is 6.13. The van der Waals surface area contributed by atoms with Gasteiger partial charge in [0, 0.05) is 37.0 Å². The Bertz CT molecular complexity index is 1370. The van der Waals surface area contributed by atoms with E-state index in [-0.39, 0.29) is 34.9 Å². The fourth-order valence-corrected chi connectivity index (χ4v) is 5.15. The molecule has 0 saturated heterocycles. The van der Waals surface area contributed by atoms with Crippen LogP contribution in [0.3, 0.4) is 0 Å². The molecule has 12 heteroatoms. The number of nitrogens with one attached hydrogen (secondary N) is 1. The van der Waals surface area contributed by atoms with Crippen LogP contribution in [0.5, 0.6) is 0 Å². The van der Waals surface area contributed by atoms with Crippen molar-refractivity contribution < 1.29 is 18.3 Å². The predicted molar refractivity (Wildman–Crippen MR) is 131 cm³/mol. The second-order valence-corrected chi connectivity index (χ2v) is 9.47. The van der Waals surface area contributed by atoms with E-state index in [4.69, 9.17) is 4.74 Å². The number of hydrogen-bond acceptors (Lipinski definition) is 7. The summed E-state index contributed by atoms with van der Waals surface area (Å²) in [4.78, 5) is 21.2. The molecule has 9 nitrogen and oxygen atoms in total. The maximum Gasteiger partial charge on any atom is 0.275 e. The molecule has 0 aliphatic heterocycles. The largest absolute Gasteiger partial charge is 0.379 e. The number of amides is 1. The van der Waals surface area contributed by atoms with Crippen LogP contribution in [0.4, 0.5) is 14.5 Å².